The van der Waals surface area contributed by atoms with Gasteiger partial charge in [-0.2, -0.15) is 5.10 Å². The van der Waals surface area contributed by atoms with E-state index in [2.05, 4.69) is 5.10 Å². The fourth-order valence-electron chi connectivity index (χ4n) is 3.26. The van der Waals surface area contributed by atoms with Crippen molar-refractivity contribution in [2.24, 2.45) is 0 Å². The van der Waals surface area contributed by atoms with Crippen molar-refractivity contribution in [2.75, 3.05) is 4.31 Å². The van der Waals surface area contributed by atoms with E-state index in [0.29, 0.717) is 5.69 Å². The van der Waals surface area contributed by atoms with Crippen LogP contribution in [-0.2, 0) is 21.2 Å². The minimum absolute atomic E-state index is 0.0392. The van der Waals surface area contributed by atoms with Crippen molar-refractivity contribution < 1.29 is 18.3 Å². The molecule has 1 atom stereocenters. The van der Waals surface area contributed by atoms with Gasteiger partial charge in [-0.05, 0) is 30.9 Å². The number of para-hydroxylation sites is 1. The van der Waals surface area contributed by atoms with E-state index in [1.54, 1.807) is 28.9 Å². The number of sulfonamides is 1. The molecule has 0 bridgehead atoms. The average molecular weight is 347 g/mol. The lowest BCUT2D eigenvalue weighted by molar-refractivity contribution is -0.138. The fraction of sp³-hybridized carbons (Fsp3) is 0.375. The van der Waals surface area contributed by atoms with Gasteiger partial charge in [0.25, 0.3) is 10.0 Å². The molecule has 4 rings (SSSR count). The van der Waals surface area contributed by atoms with Crippen LogP contribution in [0, 0.1) is 0 Å². The normalized spacial score (nSPS) is 20.7. The molecule has 126 valence electrons. The average Bonchev–Trinajstić information content (AvgIpc) is 3.10. The van der Waals surface area contributed by atoms with Gasteiger partial charge in [0, 0.05) is 12.6 Å². The van der Waals surface area contributed by atoms with Crippen molar-refractivity contribution in [2.45, 2.75) is 42.7 Å². The Balaban J connectivity index is 1.76. The van der Waals surface area contributed by atoms with Gasteiger partial charge in [0.1, 0.15) is 10.9 Å². The summed E-state index contributed by atoms with van der Waals surface area (Å²) in [7, 11) is -3.97. The standard InChI is InChI=1S/C16H17N3O4S/c20-16(21)15-8-11-4-1-2-7-14(11)19(15)24(22,23)13-9-17-18(10-13)12-5-3-6-12/h1-2,4,7,9-10,12,15H,3,5-6,8H2,(H,20,21). The topological polar surface area (TPSA) is 92.5 Å². The Morgan fingerprint density at radius 2 is 2.00 bits per heavy atom. The highest BCUT2D eigenvalue weighted by atomic mass is 32.2. The second-order valence-corrected chi connectivity index (χ2v) is 8.04. The second-order valence-electron chi connectivity index (χ2n) is 6.23. The molecule has 1 unspecified atom stereocenters. The van der Waals surface area contributed by atoms with E-state index in [9.17, 15) is 18.3 Å². The predicted octanol–water partition coefficient (Wildman–Crippen LogP) is 1.81. The summed E-state index contributed by atoms with van der Waals surface area (Å²) in [6.07, 6.45) is 6.10. The number of fused-ring (bicyclic) bond motifs is 1. The predicted molar refractivity (Wildman–Crippen MR) is 86.3 cm³/mol. The molecule has 1 aliphatic carbocycles. The van der Waals surface area contributed by atoms with Gasteiger partial charge in [0.2, 0.25) is 0 Å². The van der Waals surface area contributed by atoms with E-state index in [1.807, 2.05) is 0 Å². The minimum Gasteiger partial charge on any atom is -0.480 e. The van der Waals surface area contributed by atoms with Crippen LogP contribution in [0.3, 0.4) is 0 Å². The molecule has 1 aromatic carbocycles. The number of aliphatic carboxylic acids is 1. The van der Waals surface area contributed by atoms with Crippen LogP contribution in [0.4, 0.5) is 5.69 Å². The maximum atomic E-state index is 13.1. The summed E-state index contributed by atoms with van der Waals surface area (Å²) in [5, 5.41) is 13.6. The highest BCUT2D eigenvalue weighted by molar-refractivity contribution is 7.93. The molecule has 0 radical (unpaired) electrons. The lowest BCUT2D eigenvalue weighted by Gasteiger charge is -2.26. The third-order valence-corrected chi connectivity index (χ3v) is 6.57. The molecule has 0 amide bonds. The SMILES string of the molecule is O=C(O)C1Cc2ccccc2N1S(=O)(=O)c1cnn(C2CCC2)c1. The summed E-state index contributed by atoms with van der Waals surface area (Å²) in [5.74, 6) is -1.15. The molecular formula is C16H17N3O4S. The van der Waals surface area contributed by atoms with Crippen molar-refractivity contribution in [1.82, 2.24) is 9.78 Å². The van der Waals surface area contributed by atoms with Gasteiger partial charge in [0.15, 0.2) is 0 Å². The lowest BCUT2D eigenvalue weighted by atomic mass is 9.93. The fourth-order valence-corrected chi connectivity index (χ4v) is 4.85. The number of benzene rings is 1. The first-order chi connectivity index (χ1) is 11.5. The van der Waals surface area contributed by atoms with E-state index >= 15 is 0 Å². The zero-order chi connectivity index (χ0) is 16.9. The molecule has 8 heteroatoms. The summed E-state index contributed by atoms with van der Waals surface area (Å²) < 4.78 is 28.8. The van der Waals surface area contributed by atoms with Crippen LogP contribution >= 0.6 is 0 Å². The molecule has 7 nitrogen and oxygen atoms in total. The molecule has 0 saturated heterocycles. The number of carbonyl (C=O) groups is 1. The Bertz CT molecular complexity index is 902. The highest BCUT2D eigenvalue weighted by Crippen LogP contribution is 2.37. The van der Waals surface area contributed by atoms with Gasteiger partial charge in [0.05, 0.1) is 17.9 Å². The van der Waals surface area contributed by atoms with Crippen molar-refractivity contribution in [3.05, 3.63) is 42.2 Å². The van der Waals surface area contributed by atoms with Gasteiger partial charge < -0.3 is 5.11 Å². The summed E-state index contributed by atoms with van der Waals surface area (Å²) in [5.41, 5.74) is 1.15. The molecule has 0 spiro atoms. The first-order valence-electron chi connectivity index (χ1n) is 7.88. The van der Waals surface area contributed by atoms with Gasteiger partial charge >= 0.3 is 5.97 Å². The molecule has 24 heavy (non-hydrogen) atoms. The molecule has 1 aromatic heterocycles. The number of carboxylic acid groups (broad SMARTS) is 1. The van der Waals surface area contributed by atoms with Gasteiger partial charge in [-0.15, -0.1) is 0 Å². The molecular weight excluding hydrogens is 330 g/mol. The summed E-state index contributed by atoms with van der Waals surface area (Å²) in [6.45, 7) is 0. The Hall–Kier alpha value is -2.35. The van der Waals surface area contributed by atoms with Gasteiger partial charge in [-0.3, -0.25) is 8.99 Å². The third kappa shape index (κ3) is 2.21. The lowest BCUT2D eigenvalue weighted by Crippen LogP contribution is -2.42. The second kappa shape index (κ2) is 5.34. The number of hydrogen-bond donors (Lipinski definition) is 1. The van der Waals surface area contributed by atoms with Gasteiger partial charge in [-0.1, -0.05) is 18.2 Å². The molecule has 2 aromatic rings. The summed E-state index contributed by atoms with van der Waals surface area (Å²) in [6, 6.07) is 6.02. The molecule has 1 aliphatic heterocycles. The number of rotatable bonds is 4. The number of nitrogens with zero attached hydrogens (tertiary/aromatic N) is 3. The van der Waals surface area contributed by atoms with Crippen LogP contribution in [0.15, 0.2) is 41.6 Å². The molecule has 1 saturated carbocycles. The van der Waals surface area contributed by atoms with Crippen LogP contribution in [0.5, 0.6) is 0 Å². The van der Waals surface area contributed by atoms with Gasteiger partial charge in [-0.25, -0.2) is 13.2 Å². The summed E-state index contributed by atoms with van der Waals surface area (Å²) >= 11 is 0. The molecule has 1 N–H and O–H groups in total. The maximum absolute atomic E-state index is 13.1. The van der Waals surface area contributed by atoms with Crippen LogP contribution in [0.1, 0.15) is 30.9 Å². The zero-order valence-electron chi connectivity index (χ0n) is 12.9. The number of aromatic nitrogens is 2. The third-order valence-electron chi connectivity index (χ3n) is 4.79. The van der Waals surface area contributed by atoms with Crippen LogP contribution in [-0.4, -0.2) is 35.3 Å². The smallest absolute Gasteiger partial charge is 0.327 e. The Morgan fingerprint density at radius 3 is 2.67 bits per heavy atom. The summed E-state index contributed by atoms with van der Waals surface area (Å²) in [4.78, 5) is 11.6. The van der Waals surface area contributed by atoms with Crippen molar-refractivity contribution in [1.29, 1.82) is 0 Å². The van der Waals surface area contributed by atoms with E-state index in [0.717, 1.165) is 29.1 Å². The zero-order valence-corrected chi connectivity index (χ0v) is 13.7. The highest BCUT2D eigenvalue weighted by Gasteiger charge is 2.42. The quantitative estimate of drug-likeness (QED) is 0.910. The van der Waals surface area contributed by atoms with Crippen LogP contribution < -0.4 is 4.31 Å². The molecule has 2 heterocycles. The Morgan fingerprint density at radius 1 is 1.25 bits per heavy atom. The first kappa shape index (κ1) is 15.2. The first-order valence-corrected chi connectivity index (χ1v) is 9.32. The number of anilines is 1. The minimum atomic E-state index is -3.97. The van der Waals surface area contributed by atoms with Crippen LogP contribution in [0.25, 0.3) is 0 Å². The van der Waals surface area contributed by atoms with Crippen molar-refractivity contribution >= 4 is 21.7 Å². The van der Waals surface area contributed by atoms with Crippen molar-refractivity contribution in [3.63, 3.8) is 0 Å². The molecule has 1 fully saturated rings. The van der Waals surface area contributed by atoms with Crippen LogP contribution in [0.2, 0.25) is 0 Å². The van der Waals surface area contributed by atoms with Crippen molar-refractivity contribution in [3.8, 4) is 0 Å². The molecule has 2 aliphatic rings. The largest absolute Gasteiger partial charge is 0.480 e. The van der Waals surface area contributed by atoms with E-state index in [4.69, 9.17) is 0 Å². The maximum Gasteiger partial charge on any atom is 0.327 e. The number of hydrogen-bond acceptors (Lipinski definition) is 4. The van der Waals surface area contributed by atoms with E-state index < -0.39 is 22.0 Å². The monoisotopic (exact) mass is 347 g/mol. The number of carboxylic acids is 1. The Labute approximate surface area is 139 Å². The Kier molecular flexibility index (Phi) is 3.38. The van der Waals surface area contributed by atoms with E-state index in [-0.39, 0.29) is 17.4 Å². The van der Waals surface area contributed by atoms with E-state index in [1.165, 1.54) is 12.4 Å².